The maximum Gasteiger partial charge on any atom is 0.133 e. The van der Waals surface area contributed by atoms with Gasteiger partial charge >= 0.3 is 0 Å². The lowest BCUT2D eigenvalue weighted by Gasteiger charge is -2.27. The molecule has 2 nitrogen and oxygen atoms in total. The summed E-state index contributed by atoms with van der Waals surface area (Å²) in [5.74, 6) is 0. The average Bonchev–Trinajstić information content (AvgIpc) is 2.49. The molecule has 0 heterocycles. The van der Waals surface area contributed by atoms with Crippen molar-refractivity contribution in [2.24, 2.45) is 0 Å². The molecule has 0 aromatic heterocycles. The molecule has 96 valence electrons. The van der Waals surface area contributed by atoms with Crippen molar-refractivity contribution >= 4 is 16.1 Å². The summed E-state index contributed by atoms with van der Waals surface area (Å²) in [5, 5.41) is 9.42. The highest BCUT2D eigenvalue weighted by Crippen LogP contribution is 2.32. The summed E-state index contributed by atoms with van der Waals surface area (Å²) in [5.41, 5.74) is 2.17. The average molecular weight is 315 g/mol. The fraction of sp³-hybridized carbons (Fsp3) is 0.188. The highest BCUT2D eigenvalue weighted by Gasteiger charge is 2.23. The number of nitriles is 1. The van der Waals surface area contributed by atoms with Gasteiger partial charge in [-0.1, -0.05) is 60.7 Å². The SMILES string of the molecule is CC(c1ccccc1)N(Br)C(C#N)c1ccccc1. The minimum atomic E-state index is -0.309. The Balaban J connectivity index is 2.23. The molecule has 0 N–H and O–H groups in total. The van der Waals surface area contributed by atoms with Crippen LogP contribution in [0.1, 0.15) is 30.1 Å². The van der Waals surface area contributed by atoms with E-state index in [1.165, 1.54) is 5.56 Å². The molecule has 19 heavy (non-hydrogen) atoms. The molecule has 2 aromatic rings. The van der Waals surface area contributed by atoms with Crippen LogP contribution in [0.3, 0.4) is 0 Å². The third-order valence-electron chi connectivity index (χ3n) is 3.14. The van der Waals surface area contributed by atoms with E-state index in [-0.39, 0.29) is 12.1 Å². The molecular formula is C16H15BrN2. The Morgan fingerprint density at radius 2 is 1.42 bits per heavy atom. The summed E-state index contributed by atoms with van der Waals surface area (Å²) >= 11 is 3.55. The summed E-state index contributed by atoms with van der Waals surface area (Å²) in [6, 6.07) is 22.1. The van der Waals surface area contributed by atoms with Crippen molar-refractivity contribution in [3.63, 3.8) is 0 Å². The minimum absolute atomic E-state index is 0.117. The van der Waals surface area contributed by atoms with Gasteiger partial charge in [-0.15, -0.1) is 0 Å². The Bertz CT molecular complexity index is 548. The van der Waals surface area contributed by atoms with Crippen LogP contribution in [0.15, 0.2) is 60.7 Å². The number of halogens is 1. The highest BCUT2D eigenvalue weighted by atomic mass is 79.9. The van der Waals surface area contributed by atoms with Crippen molar-refractivity contribution in [2.75, 3.05) is 0 Å². The maximum atomic E-state index is 9.42. The smallest absolute Gasteiger partial charge is 0.133 e. The van der Waals surface area contributed by atoms with Crippen LogP contribution in [-0.4, -0.2) is 3.93 Å². The number of hydrogen-bond acceptors (Lipinski definition) is 2. The number of rotatable bonds is 4. The van der Waals surface area contributed by atoms with Crippen LogP contribution in [0, 0.1) is 11.3 Å². The second-order valence-electron chi connectivity index (χ2n) is 4.37. The van der Waals surface area contributed by atoms with E-state index in [1.807, 2.05) is 52.5 Å². The van der Waals surface area contributed by atoms with Crippen molar-refractivity contribution < 1.29 is 0 Å². The van der Waals surface area contributed by atoms with E-state index >= 15 is 0 Å². The molecule has 2 unspecified atom stereocenters. The van der Waals surface area contributed by atoms with Crippen molar-refractivity contribution in [2.45, 2.75) is 19.0 Å². The molecule has 0 amide bonds. The van der Waals surface area contributed by atoms with E-state index in [0.29, 0.717) is 0 Å². The second-order valence-corrected chi connectivity index (χ2v) is 5.19. The van der Waals surface area contributed by atoms with Gasteiger partial charge in [0.25, 0.3) is 0 Å². The van der Waals surface area contributed by atoms with Gasteiger partial charge in [-0.05, 0) is 18.1 Å². The van der Waals surface area contributed by atoms with Crippen LogP contribution in [0.25, 0.3) is 0 Å². The zero-order chi connectivity index (χ0) is 13.7. The summed E-state index contributed by atoms with van der Waals surface area (Å²) in [4.78, 5) is 0. The summed E-state index contributed by atoms with van der Waals surface area (Å²) in [6.07, 6.45) is 0. The first-order valence-electron chi connectivity index (χ1n) is 6.17. The van der Waals surface area contributed by atoms with Gasteiger partial charge in [0, 0.05) is 22.2 Å². The van der Waals surface area contributed by atoms with Crippen LogP contribution >= 0.6 is 16.1 Å². The van der Waals surface area contributed by atoms with E-state index < -0.39 is 0 Å². The Hall–Kier alpha value is -1.63. The van der Waals surface area contributed by atoms with Crippen LogP contribution in [0.4, 0.5) is 0 Å². The lowest BCUT2D eigenvalue weighted by atomic mass is 10.0. The van der Waals surface area contributed by atoms with Crippen LogP contribution in [0.2, 0.25) is 0 Å². The molecule has 2 aromatic carbocycles. The normalized spacial score (nSPS) is 13.8. The first-order chi connectivity index (χ1) is 9.24. The van der Waals surface area contributed by atoms with E-state index in [2.05, 4.69) is 41.3 Å². The molecule has 0 radical (unpaired) electrons. The highest BCUT2D eigenvalue weighted by molar-refractivity contribution is 9.07. The van der Waals surface area contributed by atoms with Gasteiger partial charge in [0.2, 0.25) is 0 Å². The van der Waals surface area contributed by atoms with Crippen molar-refractivity contribution in [3.8, 4) is 6.07 Å². The lowest BCUT2D eigenvalue weighted by Crippen LogP contribution is -2.21. The predicted octanol–water partition coefficient (Wildman–Crippen LogP) is 4.62. The number of hydrogen-bond donors (Lipinski definition) is 0. The van der Waals surface area contributed by atoms with E-state index in [1.54, 1.807) is 0 Å². The zero-order valence-corrected chi connectivity index (χ0v) is 12.3. The molecule has 2 atom stereocenters. The third-order valence-corrected chi connectivity index (χ3v) is 4.16. The Morgan fingerprint density at radius 1 is 0.947 bits per heavy atom. The standard InChI is InChI=1S/C16H15BrN2/c1-13(14-8-4-2-5-9-14)19(17)16(12-18)15-10-6-3-7-11-15/h2-11,13,16H,1H3. The zero-order valence-electron chi connectivity index (χ0n) is 10.7. The quantitative estimate of drug-likeness (QED) is 0.770. The molecule has 0 saturated carbocycles. The van der Waals surface area contributed by atoms with Crippen LogP contribution in [-0.2, 0) is 0 Å². The maximum absolute atomic E-state index is 9.42. The lowest BCUT2D eigenvalue weighted by molar-refractivity contribution is 0.356. The molecule has 0 fully saturated rings. The third kappa shape index (κ3) is 3.23. The molecule has 0 aliphatic rings. The molecule has 0 spiro atoms. The molecule has 0 saturated heterocycles. The fourth-order valence-corrected chi connectivity index (χ4v) is 2.57. The van der Waals surface area contributed by atoms with Crippen LogP contribution in [0.5, 0.6) is 0 Å². The van der Waals surface area contributed by atoms with Gasteiger partial charge in [0.15, 0.2) is 0 Å². The fourth-order valence-electron chi connectivity index (χ4n) is 2.01. The summed E-state index contributed by atoms with van der Waals surface area (Å²) in [7, 11) is 0. The van der Waals surface area contributed by atoms with Gasteiger partial charge < -0.3 is 0 Å². The molecule has 3 heteroatoms. The van der Waals surface area contributed by atoms with Gasteiger partial charge in [-0.25, -0.2) is 3.93 Å². The van der Waals surface area contributed by atoms with E-state index in [0.717, 1.165) is 5.56 Å². The number of nitrogens with zero attached hydrogens (tertiary/aromatic N) is 2. The Kier molecular flexibility index (Phi) is 4.73. The van der Waals surface area contributed by atoms with Gasteiger partial charge in [-0.3, -0.25) is 0 Å². The summed E-state index contributed by atoms with van der Waals surface area (Å²) < 4.78 is 1.91. The van der Waals surface area contributed by atoms with Gasteiger partial charge in [0.05, 0.1) is 6.07 Å². The van der Waals surface area contributed by atoms with Gasteiger partial charge in [0.1, 0.15) is 6.04 Å². The molecule has 0 bridgehead atoms. The Labute approximate surface area is 122 Å². The minimum Gasteiger partial charge on any atom is -0.214 e. The molecule has 0 aliphatic heterocycles. The van der Waals surface area contributed by atoms with E-state index in [4.69, 9.17) is 0 Å². The first-order valence-corrected chi connectivity index (χ1v) is 6.88. The molecular weight excluding hydrogens is 300 g/mol. The van der Waals surface area contributed by atoms with Crippen molar-refractivity contribution in [3.05, 3.63) is 71.8 Å². The number of benzene rings is 2. The first kappa shape index (κ1) is 13.8. The molecule has 2 rings (SSSR count). The summed E-state index contributed by atoms with van der Waals surface area (Å²) in [6.45, 7) is 2.08. The Morgan fingerprint density at radius 3 is 1.89 bits per heavy atom. The second kappa shape index (κ2) is 6.51. The molecule has 0 aliphatic carbocycles. The van der Waals surface area contributed by atoms with E-state index in [9.17, 15) is 5.26 Å². The van der Waals surface area contributed by atoms with Crippen molar-refractivity contribution in [1.29, 1.82) is 5.26 Å². The topological polar surface area (TPSA) is 27.0 Å². The monoisotopic (exact) mass is 314 g/mol. The predicted molar refractivity (Wildman–Crippen MR) is 80.4 cm³/mol. The van der Waals surface area contributed by atoms with Gasteiger partial charge in [-0.2, -0.15) is 5.26 Å². The van der Waals surface area contributed by atoms with Crippen molar-refractivity contribution in [1.82, 2.24) is 3.93 Å². The van der Waals surface area contributed by atoms with Crippen LogP contribution < -0.4 is 0 Å². The largest absolute Gasteiger partial charge is 0.214 e.